The van der Waals surface area contributed by atoms with Crippen molar-refractivity contribution >= 4 is 32.7 Å². The number of hydrogen-bond donors (Lipinski definition) is 4. The highest BCUT2D eigenvalue weighted by atomic mass is 79.9. The second kappa shape index (κ2) is 5.75. The standard InChI is InChI=1S/C16H16BrN3O3/c1-8-9(2)16(23)20(15(8)22)19-14-5-10(7-21)12-4-3-11(17)6-13(12)18-14/h3-6,21-23H,7H2,1-2H3,(H,18,19). The molecule has 3 aromatic rings. The Morgan fingerprint density at radius 3 is 2.39 bits per heavy atom. The number of aliphatic hydroxyl groups excluding tert-OH is 1. The lowest BCUT2D eigenvalue weighted by atomic mass is 10.1. The van der Waals surface area contributed by atoms with Gasteiger partial charge in [-0.25, -0.2) is 4.98 Å². The van der Waals surface area contributed by atoms with Gasteiger partial charge in [0.1, 0.15) is 5.82 Å². The molecule has 0 bridgehead atoms. The summed E-state index contributed by atoms with van der Waals surface area (Å²) in [6, 6.07) is 7.28. The summed E-state index contributed by atoms with van der Waals surface area (Å²) in [5.41, 5.74) is 5.42. The molecule has 0 amide bonds. The van der Waals surface area contributed by atoms with E-state index in [4.69, 9.17) is 0 Å². The van der Waals surface area contributed by atoms with Crippen molar-refractivity contribution in [1.29, 1.82) is 0 Å². The Kier molecular flexibility index (Phi) is 3.91. The minimum atomic E-state index is -0.142. The summed E-state index contributed by atoms with van der Waals surface area (Å²) in [7, 11) is 0. The van der Waals surface area contributed by atoms with Gasteiger partial charge in [-0.3, -0.25) is 5.43 Å². The number of anilines is 1. The zero-order valence-corrected chi connectivity index (χ0v) is 14.2. The summed E-state index contributed by atoms with van der Waals surface area (Å²) in [6.45, 7) is 3.29. The Hall–Kier alpha value is -2.25. The third-order valence-electron chi connectivity index (χ3n) is 3.91. The predicted molar refractivity (Wildman–Crippen MR) is 91.6 cm³/mol. The van der Waals surface area contributed by atoms with Crippen LogP contribution in [0.3, 0.4) is 0 Å². The van der Waals surface area contributed by atoms with E-state index in [0.29, 0.717) is 28.0 Å². The lowest BCUT2D eigenvalue weighted by Gasteiger charge is -2.12. The molecule has 1 aromatic carbocycles. The van der Waals surface area contributed by atoms with Gasteiger partial charge in [-0.05, 0) is 37.6 Å². The quantitative estimate of drug-likeness (QED) is 0.562. The number of rotatable bonds is 3. The van der Waals surface area contributed by atoms with Crippen LogP contribution >= 0.6 is 15.9 Å². The number of halogens is 1. The van der Waals surface area contributed by atoms with Crippen molar-refractivity contribution in [2.45, 2.75) is 20.5 Å². The molecule has 6 nitrogen and oxygen atoms in total. The molecule has 0 aliphatic heterocycles. The molecule has 0 aliphatic rings. The lowest BCUT2D eigenvalue weighted by molar-refractivity contribution is 0.283. The predicted octanol–water partition coefficient (Wildman–Crippen LogP) is 3.19. The van der Waals surface area contributed by atoms with Gasteiger partial charge in [0.2, 0.25) is 11.8 Å². The maximum Gasteiger partial charge on any atom is 0.216 e. The van der Waals surface area contributed by atoms with E-state index in [1.165, 1.54) is 0 Å². The molecule has 120 valence electrons. The van der Waals surface area contributed by atoms with Crippen molar-refractivity contribution in [3.05, 3.63) is 45.4 Å². The van der Waals surface area contributed by atoms with Gasteiger partial charge in [-0.1, -0.05) is 22.0 Å². The summed E-state index contributed by atoms with van der Waals surface area (Å²) in [6.07, 6.45) is 0. The van der Waals surface area contributed by atoms with E-state index in [-0.39, 0.29) is 18.4 Å². The highest BCUT2D eigenvalue weighted by Crippen LogP contribution is 2.32. The first-order valence-corrected chi connectivity index (χ1v) is 7.78. The minimum Gasteiger partial charge on any atom is -0.493 e. The molecule has 0 saturated heterocycles. The van der Waals surface area contributed by atoms with Crippen LogP contribution in [0.25, 0.3) is 10.9 Å². The molecule has 0 saturated carbocycles. The Bertz CT molecular complexity index is 880. The molecule has 7 heteroatoms. The van der Waals surface area contributed by atoms with Crippen LogP contribution in [0.15, 0.2) is 28.7 Å². The number of aliphatic hydroxyl groups is 1. The van der Waals surface area contributed by atoms with Gasteiger partial charge in [0.25, 0.3) is 0 Å². The molecule has 0 unspecified atom stereocenters. The highest BCUT2D eigenvalue weighted by molar-refractivity contribution is 9.10. The van der Waals surface area contributed by atoms with Gasteiger partial charge in [-0.15, -0.1) is 0 Å². The topological polar surface area (TPSA) is 90.5 Å². The van der Waals surface area contributed by atoms with Crippen LogP contribution in [-0.4, -0.2) is 25.0 Å². The van der Waals surface area contributed by atoms with Crippen LogP contribution in [0.2, 0.25) is 0 Å². The second-order valence-electron chi connectivity index (χ2n) is 5.33. The van der Waals surface area contributed by atoms with Gasteiger partial charge in [0.05, 0.1) is 12.1 Å². The van der Waals surface area contributed by atoms with E-state index in [1.54, 1.807) is 19.9 Å². The summed E-state index contributed by atoms with van der Waals surface area (Å²) in [5, 5.41) is 30.6. The first-order chi connectivity index (χ1) is 10.9. The third-order valence-corrected chi connectivity index (χ3v) is 4.40. The molecule has 2 heterocycles. The monoisotopic (exact) mass is 377 g/mol. The first-order valence-electron chi connectivity index (χ1n) is 6.99. The Morgan fingerprint density at radius 2 is 1.78 bits per heavy atom. The fraction of sp³-hybridized carbons (Fsp3) is 0.188. The average Bonchev–Trinajstić information content (AvgIpc) is 2.71. The first kappa shape index (κ1) is 15.6. The van der Waals surface area contributed by atoms with Gasteiger partial charge in [-0.2, -0.15) is 4.68 Å². The number of pyridine rings is 1. The molecular weight excluding hydrogens is 362 g/mol. The van der Waals surface area contributed by atoms with Crippen molar-refractivity contribution in [1.82, 2.24) is 9.66 Å². The number of aromatic hydroxyl groups is 2. The van der Waals surface area contributed by atoms with Crippen LogP contribution in [-0.2, 0) is 6.61 Å². The second-order valence-corrected chi connectivity index (χ2v) is 6.25. The van der Waals surface area contributed by atoms with Crippen molar-refractivity contribution in [2.24, 2.45) is 0 Å². The fourth-order valence-electron chi connectivity index (χ4n) is 2.45. The normalized spacial score (nSPS) is 11.1. The number of hydrogen-bond acceptors (Lipinski definition) is 5. The van der Waals surface area contributed by atoms with Crippen LogP contribution < -0.4 is 5.43 Å². The smallest absolute Gasteiger partial charge is 0.216 e. The number of nitrogens with zero attached hydrogens (tertiary/aromatic N) is 2. The van der Waals surface area contributed by atoms with E-state index >= 15 is 0 Å². The van der Waals surface area contributed by atoms with Gasteiger partial charge >= 0.3 is 0 Å². The number of aromatic nitrogens is 2. The Morgan fingerprint density at radius 1 is 1.13 bits per heavy atom. The van der Waals surface area contributed by atoms with Crippen LogP contribution in [0.1, 0.15) is 16.7 Å². The van der Waals surface area contributed by atoms with Crippen molar-refractivity contribution in [3.8, 4) is 11.8 Å². The van der Waals surface area contributed by atoms with Crippen molar-refractivity contribution < 1.29 is 15.3 Å². The van der Waals surface area contributed by atoms with Gasteiger partial charge in [0.15, 0.2) is 0 Å². The summed E-state index contributed by atoms with van der Waals surface area (Å²) < 4.78 is 2.04. The van der Waals surface area contributed by atoms with Crippen LogP contribution in [0.5, 0.6) is 11.8 Å². The van der Waals surface area contributed by atoms with E-state index in [0.717, 1.165) is 14.5 Å². The SMILES string of the molecule is Cc1c(C)c(O)n(Nc2cc(CO)c3ccc(Br)cc3n2)c1O. The third kappa shape index (κ3) is 2.62. The molecule has 0 aliphatic carbocycles. The van der Waals surface area contributed by atoms with Crippen LogP contribution in [0, 0.1) is 13.8 Å². The fourth-order valence-corrected chi connectivity index (χ4v) is 2.80. The van der Waals surface area contributed by atoms with E-state index in [9.17, 15) is 15.3 Å². The average molecular weight is 378 g/mol. The Balaban J connectivity index is 2.12. The number of nitrogens with one attached hydrogen (secondary N) is 1. The summed E-state index contributed by atoms with van der Waals surface area (Å²) in [5.74, 6) is 0.239. The highest BCUT2D eigenvalue weighted by Gasteiger charge is 2.17. The molecule has 0 atom stereocenters. The summed E-state index contributed by atoms with van der Waals surface area (Å²) >= 11 is 3.40. The maximum absolute atomic E-state index is 10.1. The van der Waals surface area contributed by atoms with E-state index in [2.05, 4.69) is 26.3 Å². The molecule has 0 fully saturated rings. The minimum absolute atomic E-state index is 0.0818. The van der Waals surface area contributed by atoms with E-state index < -0.39 is 0 Å². The van der Waals surface area contributed by atoms with Gasteiger partial charge in [0, 0.05) is 21.0 Å². The number of fused-ring (bicyclic) bond motifs is 1. The molecule has 2 aromatic heterocycles. The van der Waals surface area contributed by atoms with E-state index in [1.807, 2.05) is 18.2 Å². The molecule has 0 spiro atoms. The molecule has 4 N–H and O–H groups in total. The van der Waals surface area contributed by atoms with Crippen molar-refractivity contribution in [3.63, 3.8) is 0 Å². The number of benzene rings is 1. The lowest BCUT2D eigenvalue weighted by Crippen LogP contribution is -2.10. The van der Waals surface area contributed by atoms with Gasteiger partial charge < -0.3 is 15.3 Å². The maximum atomic E-state index is 10.1. The zero-order valence-electron chi connectivity index (χ0n) is 12.6. The Labute approximate surface area is 141 Å². The zero-order chi connectivity index (χ0) is 16.7. The molecule has 0 radical (unpaired) electrons. The molecule has 23 heavy (non-hydrogen) atoms. The van der Waals surface area contributed by atoms with Crippen LogP contribution in [0.4, 0.5) is 5.82 Å². The molecule has 3 rings (SSSR count). The summed E-state index contributed by atoms with van der Waals surface area (Å²) in [4.78, 5) is 4.47. The van der Waals surface area contributed by atoms with Crippen molar-refractivity contribution in [2.75, 3.05) is 5.43 Å². The molecular formula is C16H16BrN3O3. The largest absolute Gasteiger partial charge is 0.493 e.